The number of Topliss-reactive ketones (excluding diaryl/α,β-unsaturated/α-hetero) is 2. The van der Waals surface area contributed by atoms with E-state index in [4.69, 9.17) is 0 Å². The molecular formula is C28H20N2O6S2. The number of rotatable bonds is 11. The minimum absolute atomic E-state index is 0.00402. The van der Waals surface area contributed by atoms with Crippen LogP contribution in [0.25, 0.3) is 11.1 Å². The molecule has 190 valence electrons. The fourth-order valence-electron chi connectivity index (χ4n) is 3.51. The molecule has 4 rings (SSSR count). The average Bonchev–Trinajstić information content (AvgIpc) is 2.95. The van der Waals surface area contributed by atoms with E-state index in [0.29, 0.717) is 11.1 Å². The first-order chi connectivity index (χ1) is 18.3. The zero-order valence-corrected chi connectivity index (χ0v) is 21.4. The predicted octanol–water partition coefficient (Wildman–Crippen LogP) is 7.12. The fourth-order valence-corrected chi connectivity index (χ4v) is 5.10. The first kappa shape index (κ1) is 26.8. The van der Waals surface area contributed by atoms with Crippen LogP contribution in [0.4, 0.5) is 11.4 Å². The molecule has 0 heterocycles. The van der Waals surface area contributed by atoms with Crippen LogP contribution >= 0.6 is 23.5 Å². The SMILES string of the molecule is O=C(CSc1ccc([N+](=O)[O-])cc1)c1ccc(-c2cccc(C(=O)CSc3ccc([N+](=O)[O-])cc3)c2)cc1. The lowest BCUT2D eigenvalue weighted by Gasteiger charge is -2.07. The number of carbonyl (C=O) groups excluding carboxylic acids is 2. The van der Waals surface area contributed by atoms with Gasteiger partial charge in [0.2, 0.25) is 0 Å². The Morgan fingerprint density at radius 2 is 1.05 bits per heavy atom. The van der Waals surface area contributed by atoms with Crippen molar-refractivity contribution in [3.8, 4) is 11.1 Å². The van der Waals surface area contributed by atoms with Gasteiger partial charge in [0.1, 0.15) is 0 Å². The molecule has 10 heteroatoms. The summed E-state index contributed by atoms with van der Waals surface area (Å²) in [6.45, 7) is 0. The van der Waals surface area contributed by atoms with Gasteiger partial charge < -0.3 is 0 Å². The Bertz CT molecular complexity index is 1490. The van der Waals surface area contributed by atoms with Crippen molar-refractivity contribution >= 4 is 46.5 Å². The Balaban J connectivity index is 1.35. The Labute approximate surface area is 226 Å². The number of carbonyl (C=O) groups is 2. The van der Waals surface area contributed by atoms with Crippen molar-refractivity contribution in [2.24, 2.45) is 0 Å². The lowest BCUT2D eigenvalue weighted by atomic mass is 10.00. The van der Waals surface area contributed by atoms with Gasteiger partial charge in [-0.25, -0.2) is 0 Å². The lowest BCUT2D eigenvalue weighted by Crippen LogP contribution is -2.03. The highest BCUT2D eigenvalue weighted by atomic mass is 32.2. The second-order valence-electron chi connectivity index (χ2n) is 8.08. The van der Waals surface area contributed by atoms with Gasteiger partial charge in [-0.3, -0.25) is 29.8 Å². The molecule has 0 atom stereocenters. The lowest BCUT2D eigenvalue weighted by molar-refractivity contribution is -0.385. The topological polar surface area (TPSA) is 120 Å². The maximum atomic E-state index is 12.8. The monoisotopic (exact) mass is 544 g/mol. The molecule has 0 unspecified atom stereocenters. The summed E-state index contributed by atoms with van der Waals surface area (Å²) in [7, 11) is 0. The number of thioether (sulfide) groups is 2. The number of non-ortho nitro benzene ring substituents is 2. The molecule has 0 amide bonds. The highest BCUT2D eigenvalue weighted by molar-refractivity contribution is 8.00. The highest BCUT2D eigenvalue weighted by Gasteiger charge is 2.12. The standard InChI is InChI=1S/C28H20N2O6S2/c31-27(17-37-25-12-8-23(9-13-25)29(33)34)20-6-4-19(5-7-20)21-2-1-3-22(16-21)28(32)18-38-26-14-10-24(11-15-26)30(35)36/h1-16H,17-18H2. The van der Waals surface area contributed by atoms with E-state index in [1.54, 1.807) is 54.6 Å². The van der Waals surface area contributed by atoms with Crippen LogP contribution in [-0.4, -0.2) is 32.9 Å². The van der Waals surface area contributed by atoms with Gasteiger partial charge in [-0.2, -0.15) is 0 Å². The summed E-state index contributed by atoms with van der Waals surface area (Å²) in [4.78, 5) is 47.5. The summed E-state index contributed by atoms with van der Waals surface area (Å²) >= 11 is 2.63. The van der Waals surface area contributed by atoms with Gasteiger partial charge in [0, 0.05) is 45.2 Å². The van der Waals surface area contributed by atoms with Gasteiger partial charge >= 0.3 is 0 Å². The maximum absolute atomic E-state index is 12.8. The van der Waals surface area contributed by atoms with Crippen molar-refractivity contribution in [3.63, 3.8) is 0 Å². The van der Waals surface area contributed by atoms with E-state index in [1.807, 2.05) is 18.2 Å². The molecule has 0 bridgehead atoms. The van der Waals surface area contributed by atoms with Gasteiger partial charge in [0.25, 0.3) is 11.4 Å². The van der Waals surface area contributed by atoms with E-state index in [9.17, 15) is 29.8 Å². The number of benzene rings is 4. The van der Waals surface area contributed by atoms with Crippen molar-refractivity contribution in [1.29, 1.82) is 0 Å². The predicted molar refractivity (Wildman–Crippen MR) is 148 cm³/mol. The van der Waals surface area contributed by atoms with E-state index < -0.39 is 9.85 Å². The number of nitro groups is 2. The van der Waals surface area contributed by atoms with Crippen molar-refractivity contribution < 1.29 is 19.4 Å². The summed E-state index contributed by atoms with van der Waals surface area (Å²) in [6.07, 6.45) is 0. The van der Waals surface area contributed by atoms with Crippen LogP contribution < -0.4 is 0 Å². The third kappa shape index (κ3) is 6.93. The van der Waals surface area contributed by atoms with Gasteiger partial charge in [-0.15, -0.1) is 23.5 Å². The smallest absolute Gasteiger partial charge is 0.269 e. The number of nitrogens with zero attached hydrogens (tertiary/aromatic N) is 2. The zero-order valence-electron chi connectivity index (χ0n) is 19.8. The van der Waals surface area contributed by atoms with E-state index in [0.717, 1.165) is 20.9 Å². The normalized spacial score (nSPS) is 10.6. The second-order valence-corrected chi connectivity index (χ2v) is 10.2. The van der Waals surface area contributed by atoms with Crippen LogP contribution in [0.1, 0.15) is 20.7 Å². The summed E-state index contributed by atoms with van der Waals surface area (Å²) in [5.74, 6) is 0.270. The summed E-state index contributed by atoms with van der Waals surface area (Å²) in [6, 6.07) is 26.5. The van der Waals surface area contributed by atoms with Crippen molar-refractivity contribution in [2.45, 2.75) is 9.79 Å². The largest absolute Gasteiger partial charge is 0.293 e. The van der Waals surface area contributed by atoms with Crippen LogP contribution in [0.5, 0.6) is 0 Å². The quantitative estimate of drug-likeness (QED) is 0.0847. The third-order valence-electron chi connectivity index (χ3n) is 5.56. The minimum atomic E-state index is -0.465. The Kier molecular flexibility index (Phi) is 8.67. The van der Waals surface area contributed by atoms with E-state index >= 15 is 0 Å². The summed E-state index contributed by atoms with van der Waals surface area (Å²) < 4.78 is 0. The third-order valence-corrected chi connectivity index (χ3v) is 7.58. The van der Waals surface area contributed by atoms with Gasteiger partial charge in [-0.05, 0) is 41.5 Å². The van der Waals surface area contributed by atoms with Crippen molar-refractivity contribution in [2.75, 3.05) is 11.5 Å². The van der Waals surface area contributed by atoms with E-state index in [1.165, 1.54) is 47.8 Å². The first-order valence-electron chi connectivity index (χ1n) is 11.3. The first-order valence-corrected chi connectivity index (χ1v) is 13.3. The molecule has 0 saturated heterocycles. The molecule has 0 saturated carbocycles. The molecule has 4 aromatic rings. The molecular weight excluding hydrogens is 524 g/mol. The van der Waals surface area contributed by atoms with Crippen LogP contribution in [-0.2, 0) is 0 Å². The molecule has 0 aliphatic rings. The molecule has 0 N–H and O–H groups in total. The molecule has 0 aliphatic carbocycles. The molecule has 0 aliphatic heterocycles. The molecule has 8 nitrogen and oxygen atoms in total. The fraction of sp³-hybridized carbons (Fsp3) is 0.0714. The maximum Gasteiger partial charge on any atom is 0.269 e. The number of hydrogen-bond donors (Lipinski definition) is 0. The van der Waals surface area contributed by atoms with Crippen LogP contribution in [0.2, 0.25) is 0 Å². The summed E-state index contributed by atoms with van der Waals surface area (Å²) in [5, 5.41) is 21.5. The van der Waals surface area contributed by atoms with Crippen LogP contribution in [0.3, 0.4) is 0 Å². The summed E-state index contributed by atoms with van der Waals surface area (Å²) in [5.41, 5.74) is 2.82. The molecule has 38 heavy (non-hydrogen) atoms. The molecule has 0 fully saturated rings. The number of hydrogen-bond acceptors (Lipinski definition) is 8. The van der Waals surface area contributed by atoms with Crippen LogP contribution in [0.15, 0.2) is 107 Å². The van der Waals surface area contributed by atoms with E-state index in [2.05, 4.69) is 0 Å². The Morgan fingerprint density at radius 1 is 0.579 bits per heavy atom. The van der Waals surface area contributed by atoms with E-state index in [-0.39, 0.29) is 34.4 Å². The second kappa shape index (κ2) is 12.3. The Morgan fingerprint density at radius 3 is 1.53 bits per heavy atom. The highest BCUT2D eigenvalue weighted by Crippen LogP contribution is 2.26. The van der Waals surface area contributed by atoms with Gasteiger partial charge in [0.15, 0.2) is 11.6 Å². The van der Waals surface area contributed by atoms with Crippen LogP contribution in [0, 0.1) is 20.2 Å². The Hall–Kier alpha value is -4.28. The van der Waals surface area contributed by atoms with Gasteiger partial charge in [0.05, 0.1) is 21.4 Å². The van der Waals surface area contributed by atoms with Crippen molar-refractivity contribution in [1.82, 2.24) is 0 Å². The minimum Gasteiger partial charge on any atom is -0.293 e. The number of ketones is 2. The molecule has 4 aromatic carbocycles. The molecule has 0 aromatic heterocycles. The molecule has 0 spiro atoms. The average molecular weight is 545 g/mol. The van der Waals surface area contributed by atoms with Gasteiger partial charge in [-0.1, -0.05) is 42.5 Å². The number of nitro benzene ring substituents is 2. The molecule has 0 radical (unpaired) electrons. The van der Waals surface area contributed by atoms with Crippen molar-refractivity contribution in [3.05, 3.63) is 128 Å². The zero-order chi connectivity index (χ0) is 27.1.